The lowest BCUT2D eigenvalue weighted by atomic mass is 9.83. The molecule has 9 heteroatoms. The summed E-state index contributed by atoms with van der Waals surface area (Å²) in [7, 11) is 1.63. The van der Waals surface area contributed by atoms with E-state index in [4.69, 9.17) is 14.2 Å². The summed E-state index contributed by atoms with van der Waals surface area (Å²) < 4.78 is 46.4. The number of benzene rings is 3. The first-order chi connectivity index (χ1) is 18.4. The van der Waals surface area contributed by atoms with Crippen LogP contribution >= 0.6 is 0 Å². The summed E-state index contributed by atoms with van der Waals surface area (Å²) in [6, 6.07) is 19.5. The standard InChI is InChI=1S/C30H33F2N2O4.BrH/c1-36-25-5-4-6-26(19-25)37-18-17-34-15-13-23(14-16-34)29(21-34)38-30(35)33(28-8-3-2-7-27(28)32)20-22-9-11-24(31)12-10-22;/h2-12,19,23,29H,13-18,20-21H2,1H3;1H/q+1;/p-1/t23?,29-,34?;/m0./s1. The van der Waals surface area contributed by atoms with E-state index < -0.39 is 11.9 Å². The molecule has 1 atom stereocenters. The Kier molecular flexibility index (Phi) is 9.45. The molecule has 3 heterocycles. The summed E-state index contributed by atoms with van der Waals surface area (Å²) >= 11 is 0. The van der Waals surface area contributed by atoms with Gasteiger partial charge in [0.1, 0.15) is 42.8 Å². The predicted molar refractivity (Wildman–Crippen MR) is 140 cm³/mol. The monoisotopic (exact) mass is 602 g/mol. The number of piperidine rings is 3. The molecule has 0 spiro atoms. The number of halogens is 3. The molecular weight excluding hydrogens is 570 g/mol. The molecule has 1 amide bonds. The number of rotatable bonds is 9. The Balaban J connectivity index is 0.00000353. The van der Waals surface area contributed by atoms with Gasteiger partial charge < -0.3 is 35.7 Å². The zero-order valence-electron chi connectivity index (χ0n) is 21.9. The fourth-order valence-electron chi connectivity index (χ4n) is 5.60. The highest BCUT2D eigenvalue weighted by atomic mass is 79.9. The average Bonchev–Trinajstić information content (AvgIpc) is 2.94. The van der Waals surface area contributed by atoms with Gasteiger partial charge in [0.25, 0.3) is 0 Å². The molecule has 3 aliphatic heterocycles. The first-order valence-corrected chi connectivity index (χ1v) is 13.0. The van der Waals surface area contributed by atoms with Crippen LogP contribution in [0.3, 0.4) is 0 Å². The van der Waals surface area contributed by atoms with Gasteiger partial charge in [-0.25, -0.2) is 13.6 Å². The van der Waals surface area contributed by atoms with Crippen molar-refractivity contribution in [3.63, 3.8) is 0 Å². The van der Waals surface area contributed by atoms with Crippen LogP contribution in [0.15, 0.2) is 72.8 Å². The largest absolute Gasteiger partial charge is 1.00 e. The van der Waals surface area contributed by atoms with Crippen LogP contribution < -0.4 is 31.4 Å². The average molecular weight is 604 g/mol. The van der Waals surface area contributed by atoms with Crippen molar-refractivity contribution in [2.24, 2.45) is 5.92 Å². The molecule has 2 bridgehead atoms. The van der Waals surface area contributed by atoms with Gasteiger partial charge >= 0.3 is 6.09 Å². The van der Waals surface area contributed by atoms with Crippen molar-refractivity contribution in [3.05, 3.63) is 90.0 Å². The second-order valence-corrected chi connectivity index (χ2v) is 10.1. The zero-order chi connectivity index (χ0) is 26.5. The van der Waals surface area contributed by atoms with Gasteiger partial charge in [-0.3, -0.25) is 4.90 Å². The molecule has 0 unspecified atom stereocenters. The minimum Gasteiger partial charge on any atom is -1.00 e. The number of hydrogen-bond donors (Lipinski definition) is 0. The molecule has 3 fully saturated rings. The molecular formula is C30H33BrF2N2O4. The number of amides is 1. The normalized spacial score (nSPS) is 21.5. The van der Waals surface area contributed by atoms with Crippen LogP contribution in [0, 0.1) is 17.6 Å². The number of anilines is 1. The van der Waals surface area contributed by atoms with Crippen LogP contribution in [0.5, 0.6) is 11.5 Å². The van der Waals surface area contributed by atoms with Crippen LogP contribution in [0.2, 0.25) is 0 Å². The molecule has 0 radical (unpaired) electrons. The van der Waals surface area contributed by atoms with Gasteiger partial charge in [-0.15, -0.1) is 0 Å². The molecule has 6 rings (SSSR count). The molecule has 0 aromatic heterocycles. The molecule has 0 aliphatic carbocycles. The van der Waals surface area contributed by atoms with Crippen molar-refractivity contribution in [1.29, 1.82) is 0 Å². The SMILES string of the molecule is COc1cccc(OCC[N+]23CCC(CC2)[C@@H](OC(=O)N(Cc2ccc(F)cc2)c2ccccc2F)C3)c1.[Br-]. The third-order valence-electron chi connectivity index (χ3n) is 7.79. The highest BCUT2D eigenvalue weighted by molar-refractivity contribution is 5.87. The Bertz CT molecular complexity index is 1250. The molecule has 208 valence electrons. The summed E-state index contributed by atoms with van der Waals surface area (Å²) in [6.45, 7) is 4.18. The van der Waals surface area contributed by atoms with Gasteiger partial charge in [0.05, 0.1) is 32.4 Å². The maximum absolute atomic E-state index is 14.7. The number of para-hydroxylation sites is 1. The number of hydrogen-bond acceptors (Lipinski definition) is 4. The summed E-state index contributed by atoms with van der Waals surface area (Å²) in [5, 5.41) is 0. The minimum atomic E-state index is -0.594. The Morgan fingerprint density at radius 1 is 0.974 bits per heavy atom. The van der Waals surface area contributed by atoms with Crippen molar-refractivity contribution in [2.45, 2.75) is 25.5 Å². The number of carbonyl (C=O) groups excluding carboxylic acids is 1. The molecule has 0 saturated carbocycles. The minimum absolute atomic E-state index is 0. The molecule has 0 N–H and O–H groups in total. The van der Waals surface area contributed by atoms with E-state index in [9.17, 15) is 13.6 Å². The fourth-order valence-corrected chi connectivity index (χ4v) is 5.60. The summed E-state index contributed by atoms with van der Waals surface area (Å²) in [6.07, 6.45) is 1.08. The first kappa shape index (κ1) is 28.8. The number of ether oxygens (including phenoxy) is 3. The third kappa shape index (κ3) is 6.89. The third-order valence-corrected chi connectivity index (χ3v) is 7.79. The van der Waals surface area contributed by atoms with Crippen molar-refractivity contribution in [1.82, 2.24) is 0 Å². The van der Waals surface area contributed by atoms with Crippen molar-refractivity contribution >= 4 is 11.8 Å². The van der Waals surface area contributed by atoms with Crippen LogP contribution in [-0.4, -0.2) is 56.6 Å². The Hall–Kier alpha value is -3.17. The van der Waals surface area contributed by atoms with E-state index in [2.05, 4.69) is 0 Å². The second kappa shape index (κ2) is 12.8. The molecule has 3 aromatic rings. The van der Waals surface area contributed by atoms with Crippen molar-refractivity contribution in [2.75, 3.05) is 44.8 Å². The van der Waals surface area contributed by atoms with E-state index in [-0.39, 0.29) is 47.1 Å². The van der Waals surface area contributed by atoms with Gasteiger partial charge in [-0.2, -0.15) is 0 Å². The highest BCUT2D eigenvalue weighted by Crippen LogP contribution is 2.36. The van der Waals surface area contributed by atoms with Gasteiger partial charge in [0.2, 0.25) is 0 Å². The van der Waals surface area contributed by atoms with Gasteiger partial charge in [-0.1, -0.05) is 30.3 Å². The number of carbonyl (C=O) groups is 1. The smallest absolute Gasteiger partial charge is 0.415 e. The Morgan fingerprint density at radius 3 is 2.41 bits per heavy atom. The summed E-state index contributed by atoms with van der Waals surface area (Å²) in [5.41, 5.74) is 0.817. The van der Waals surface area contributed by atoms with E-state index in [1.165, 1.54) is 23.1 Å². The fraction of sp³-hybridized carbons (Fsp3) is 0.367. The van der Waals surface area contributed by atoms with Crippen LogP contribution in [-0.2, 0) is 11.3 Å². The number of methoxy groups -OCH3 is 1. The molecule has 3 aliphatic rings. The summed E-state index contributed by atoms with van der Waals surface area (Å²) in [4.78, 5) is 14.8. The maximum atomic E-state index is 14.7. The topological polar surface area (TPSA) is 48.0 Å². The van der Waals surface area contributed by atoms with Crippen LogP contribution in [0.25, 0.3) is 0 Å². The Morgan fingerprint density at radius 2 is 1.69 bits per heavy atom. The van der Waals surface area contributed by atoms with Crippen LogP contribution in [0.4, 0.5) is 19.3 Å². The molecule has 3 aromatic carbocycles. The maximum Gasteiger partial charge on any atom is 0.415 e. The van der Waals surface area contributed by atoms with Gasteiger partial charge in [0, 0.05) is 24.8 Å². The first-order valence-electron chi connectivity index (χ1n) is 13.0. The molecule has 3 saturated heterocycles. The zero-order valence-corrected chi connectivity index (χ0v) is 23.5. The Labute approximate surface area is 238 Å². The van der Waals surface area contributed by atoms with E-state index in [1.807, 2.05) is 24.3 Å². The van der Waals surface area contributed by atoms with Crippen molar-refractivity contribution in [3.8, 4) is 11.5 Å². The number of quaternary nitrogens is 1. The lowest BCUT2D eigenvalue weighted by Crippen LogP contribution is -3.00. The quantitative estimate of drug-likeness (QED) is 0.354. The molecule has 39 heavy (non-hydrogen) atoms. The van der Waals surface area contributed by atoms with E-state index in [0.29, 0.717) is 18.7 Å². The van der Waals surface area contributed by atoms with Crippen molar-refractivity contribution < 1.29 is 49.3 Å². The predicted octanol–water partition coefficient (Wildman–Crippen LogP) is 2.81. The van der Waals surface area contributed by atoms with Gasteiger partial charge in [-0.05, 0) is 42.0 Å². The second-order valence-electron chi connectivity index (χ2n) is 10.1. The van der Waals surface area contributed by atoms with E-state index >= 15 is 0 Å². The number of nitrogens with zero attached hydrogens (tertiary/aromatic N) is 2. The highest BCUT2D eigenvalue weighted by Gasteiger charge is 2.48. The van der Waals surface area contributed by atoms with E-state index in [0.717, 1.165) is 48.5 Å². The summed E-state index contributed by atoms with van der Waals surface area (Å²) in [5.74, 6) is 0.912. The van der Waals surface area contributed by atoms with Gasteiger partial charge in [0.15, 0.2) is 6.10 Å². The van der Waals surface area contributed by atoms with E-state index in [1.54, 1.807) is 37.4 Å². The number of fused-ring (bicyclic) bond motifs is 3. The van der Waals surface area contributed by atoms with Crippen LogP contribution in [0.1, 0.15) is 18.4 Å². The molecule has 6 nitrogen and oxygen atoms in total. The lowest BCUT2D eigenvalue weighted by molar-refractivity contribution is -0.946. The lowest BCUT2D eigenvalue weighted by Gasteiger charge is -2.52.